The fraction of sp³-hybridized carbons (Fsp3) is 0.429. The van der Waals surface area contributed by atoms with Crippen LogP contribution in [0.4, 0.5) is 4.79 Å². The van der Waals surface area contributed by atoms with Crippen molar-refractivity contribution in [3.05, 3.63) is 78.2 Å². The molecule has 2 aromatic carbocycles. The molecule has 0 aliphatic rings. The summed E-state index contributed by atoms with van der Waals surface area (Å²) in [7, 11) is 0. The SMILES string of the molecule is CCCN(C(=O)OCCCN)[C@@H](c1nc(-c2ccccc2)cn1Cc1ccccc1)C(C)(C)C. The lowest BCUT2D eigenvalue weighted by Crippen LogP contribution is -2.43. The van der Waals surface area contributed by atoms with Gasteiger partial charge in [0.2, 0.25) is 0 Å². The van der Waals surface area contributed by atoms with Crippen molar-refractivity contribution in [1.82, 2.24) is 14.5 Å². The van der Waals surface area contributed by atoms with Crippen LogP contribution in [0.1, 0.15) is 58.0 Å². The molecule has 0 radical (unpaired) electrons. The van der Waals surface area contributed by atoms with Crippen LogP contribution in [0.25, 0.3) is 11.3 Å². The third-order valence-electron chi connectivity index (χ3n) is 5.72. The van der Waals surface area contributed by atoms with Crippen LogP contribution in [0.2, 0.25) is 0 Å². The predicted octanol–water partition coefficient (Wildman–Crippen LogP) is 5.88. The Labute approximate surface area is 203 Å². The van der Waals surface area contributed by atoms with Crippen LogP contribution in [0.3, 0.4) is 0 Å². The number of rotatable bonds is 10. The molecule has 1 aromatic heterocycles. The number of hydrogen-bond acceptors (Lipinski definition) is 4. The number of benzene rings is 2. The number of ether oxygens (including phenoxy) is 1. The van der Waals surface area contributed by atoms with Gasteiger partial charge in [-0.1, -0.05) is 88.4 Å². The number of amides is 1. The van der Waals surface area contributed by atoms with Crippen LogP contribution >= 0.6 is 0 Å². The van der Waals surface area contributed by atoms with Crippen molar-refractivity contribution in [1.29, 1.82) is 0 Å². The average molecular weight is 463 g/mol. The first kappa shape index (κ1) is 25.5. The Hall–Kier alpha value is -3.12. The highest BCUT2D eigenvalue weighted by Crippen LogP contribution is 2.39. The van der Waals surface area contributed by atoms with Crippen molar-refractivity contribution in [2.24, 2.45) is 11.1 Å². The zero-order chi connectivity index (χ0) is 24.6. The molecule has 0 saturated carbocycles. The molecule has 0 aliphatic heterocycles. The summed E-state index contributed by atoms with van der Waals surface area (Å²) < 4.78 is 7.80. The molecular weight excluding hydrogens is 424 g/mol. The highest BCUT2D eigenvalue weighted by atomic mass is 16.6. The van der Waals surface area contributed by atoms with Crippen LogP contribution < -0.4 is 5.73 Å². The molecule has 0 unspecified atom stereocenters. The molecule has 0 fully saturated rings. The largest absolute Gasteiger partial charge is 0.449 e. The van der Waals surface area contributed by atoms with E-state index in [0.717, 1.165) is 23.5 Å². The van der Waals surface area contributed by atoms with E-state index in [1.165, 1.54) is 5.56 Å². The van der Waals surface area contributed by atoms with Crippen molar-refractivity contribution < 1.29 is 9.53 Å². The summed E-state index contributed by atoms with van der Waals surface area (Å²) in [5, 5.41) is 0. The van der Waals surface area contributed by atoms with E-state index in [-0.39, 0.29) is 17.6 Å². The molecule has 2 N–H and O–H groups in total. The summed E-state index contributed by atoms with van der Waals surface area (Å²) in [5.74, 6) is 0.861. The molecule has 1 atom stereocenters. The summed E-state index contributed by atoms with van der Waals surface area (Å²) in [6.07, 6.45) is 3.25. The summed E-state index contributed by atoms with van der Waals surface area (Å²) in [6, 6.07) is 20.2. The Kier molecular flexibility index (Phi) is 8.88. The summed E-state index contributed by atoms with van der Waals surface area (Å²) in [5.41, 5.74) is 8.46. The molecule has 6 heteroatoms. The summed E-state index contributed by atoms with van der Waals surface area (Å²) >= 11 is 0. The minimum Gasteiger partial charge on any atom is -0.449 e. The average Bonchev–Trinajstić information content (AvgIpc) is 3.22. The van der Waals surface area contributed by atoms with Crippen LogP contribution in [-0.2, 0) is 11.3 Å². The molecule has 3 rings (SSSR count). The van der Waals surface area contributed by atoms with E-state index >= 15 is 0 Å². The minimum atomic E-state index is -0.314. The number of nitrogens with two attached hydrogens (primary N) is 1. The highest BCUT2D eigenvalue weighted by molar-refractivity contribution is 5.68. The molecule has 1 heterocycles. The lowest BCUT2D eigenvalue weighted by atomic mass is 9.84. The molecular formula is C28H38N4O2. The molecule has 0 bridgehead atoms. The van der Waals surface area contributed by atoms with Gasteiger partial charge >= 0.3 is 6.09 Å². The number of carbonyl (C=O) groups excluding carboxylic acids is 1. The first-order valence-electron chi connectivity index (χ1n) is 12.1. The second-order valence-electron chi connectivity index (χ2n) is 9.68. The molecule has 182 valence electrons. The third-order valence-corrected chi connectivity index (χ3v) is 5.72. The standard InChI is InChI=1S/C28H38N4O2/c1-5-18-32(27(33)34-19-12-17-29)25(28(2,3)4)26-30-24(23-15-10-7-11-16-23)21-31(26)20-22-13-8-6-9-14-22/h6-11,13-16,21,25H,5,12,17-20,29H2,1-4H3/t25-/m0/s1. The molecule has 6 nitrogen and oxygen atoms in total. The maximum absolute atomic E-state index is 13.2. The summed E-state index contributed by atoms with van der Waals surface area (Å²) in [6.45, 7) is 10.6. The number of aromatic nitrogens is 2. The maximum Gasteiger partial charge on any atom is 0.410 e. The predicted molar refractivity (Wildman–Crippen MR) is 137 cm³/mol. The molecule has 34 heavy (non-hydrogen) atoms. The van der Waals surface area contributed by atoms with Crippen LogP contribution in [0, 0.1) is 5.41 Å². The quantitative estimate of drug-likeness (QED) is 0.382. The fourth-order valence-corrected chi connectivity index (χ4v) is 4.19. The van der Waals surface area contributed by atoms with E-state index < -0.39 is 0 Å². The topological polar surface area (TPSA) is 73.4 Å². The van der Waals surface area contributed by atoms with Gasteiger partial charge in [0.1, 0.15) is 5.82 Å². The molecule has 0 spiro atoms. The van der Waals surface area contributed by atoms with E-state index in [1.807, 2.05) is 41.3 Å². The van der Waals surface area contributed by atoms with Crippen molar-refractivity contribution >= 4 is 6.09 Å². The molecule has 3 aromatic rings. The molecule has 0 saturated heterocycles. The van der Waals surface area contributed by atoms with Gasteiger partial charge in [0.25, 0.3) is 0 Å². The normalized spacial score (nSPS) is 12.4. The number of carbonyl (C=O) groups is 1. The van der Waals surface area contributed by atoms with Gasteiger partial charge in [0, 0.05) is 24.8 Å². The Morgan fingerprint density at radius 2 is 1.74 bits per heavy atom. The van der Waals surface area contributed by atoms with Crippen LogP contribution in [0.5, 0.6) is 0 Å². The fourth-order valence-electron chi connectivity index (χ4n) is 4.19. The van der Waals surface area contributed by atoms with Gasteiger partial charge in [-0.3, -0.25) is 4.90 Å². The van der Waals surface area contributed by atoms with Gasteiger partial charge < -0.3 is 15.0 Å². The number of nitrogens with zero attached hydrogens (tertiary/aromatic N) is 3. The summed E-state index contributed by atoms with van der Waals surface area (Å²) in [4.78, 5) is 20.2. The van der Waals surface area contributed by atoms with E-state index in [1.54, 1.807) is 0 Å². The zero-order valence-electron chi connectivity index (χ0n) is 20.9. The smallest absolute Gasteiger partial charge is 0.410 e. The second kappa shape index (κ2) is 11.8. The highest BCUT2D eigenvalue weighted by Gasteiger charge is 2.38. The van der Waals surface area contributed by atoms with E-state index in [4.69, 9.17) is 15.5 Å². The van der Waals surface area contributed by atoms with Gasteiger partial charge in [-0.05, 0) is 30.4 Å². The minimum absolute atomic E-state index is 0.265. The first-order valence-corrected chi connectivity index (χ1v) is 12.1. The first-order chi connectivity index (χ1) is 16.3. The molecule has 1 amide bonds. The lowest BCUT2D eigenvalue weighted by molar-refractivity contribution is 0.0509. The second-order valence-corrected chi connectivity index (χ2v) is 9.68. The van der Waals surface area contributed by atoms with Crippen molar-refractivity contribution in [2.45, 2.75) is 53.1 Å². The van der Waals surface area contributed by atoms with E-state index in [0.29, 0.717) is 32.7 Å². The van der Waals surface area contributed by atoms with Crippen LogP contribution in [0.15, 0.2) is 66.9 Å². The van der Waals surface area contributed by atoms with Crippen LogP contribution in [-0.4, -0.2) is 40.2 Å². The Morgan fingerprint density at radius 1 is 1.09 bits per heavy atom. The Morgan fingerprint density at radius 3 is 2.32 bits per heavy atom. The van der Waals surface area contributed by atoms with Gasteiger partial charge in [0.15, 0.2) is 0 Å². The monoisotopic (exact) mass is 462 g/mol. The van der Waals surface area contributed by atoms with Gasteiger partial charge in [-0.25, -0.2) is 9.78 Å². The van der Waals surface area contributed by atoms with Crippen molar-refractivity contribution in [3.63, 3.8) is 0 Å². The number of hydrogen-bond donors (Lipinski definition) is 1. The molecule has 0 aliphatic carbocycles. The Balaban J connectivity index is 2.09. The van der Waals surface area contributed by atoms with Gasteiger partial charge in [-0.2, -0.15) is 0 Å². The van der Waals surface area contributed by atoms with E-state index in [9.17, 15) is 4.79 Å². The maximum atomic E-state index is 13.2. The van der Waals surface area contributed by atoms with Crippen molar-refractivity contribution in [3.8, 4) is 11.3 Å². The van der Waals surface area contributed by atoms with Crippen molar-refractivity contribution in [2.75, 3.05) is 19.7 Å². The third kappa shape index (κ3) is 6.48. The van der Waals surface area contributed by atoms with Gasteiger partial charge in [-0.15, -0.1) is 0 Å². The number of imidazole rings is 1. The Bertz CT molecular complexity index is 1030. The lowest BCUT2D eigenvalue weighted by Gasteiger charge is -2.39. The van der Waals surface area contributed by atoms with Gasteiger partial charge in [0.05, 0.1) is 18.3 Å². The zero-order valence-corrected chi connectivity index (χ0v) is 20.9. The van der Waals surface area contributed by atoms with E-state index in [2.05, 4.69) is 62.7 Å².